The van der Waals surface area contributed by atoms with Crippen molar-refractivity contribution < 1.29 is 24.2 Å². The van der Waals surface area contributed by atoms with Crippen molar-refractivity contribution in [2.45, 2.75) is 19.4 Å². The molecule has 166 valence electrons. The number of carbonyl (C=O) groups excluding carboxylic acids is 1. The highest BCUT2D eigenvalue weighted by atomic mass is 35.5. The van der Waals surface area contributed by atoms with Crippen molar-refractivity contribution in [1.82, 2.24) is 10.3 Å². The van der Waals surface area contributed by atoms with Crippen molar-refractivity contribution in [3.63, 3.8) is 0 Å². The Morgan fingerprint density at radius 3 is 2.34 bits per heavy atom. The molecule has 0 spiro atoms. The highest BCUT2D eigenvalue weighted by Gasteiger charge is 2.21. The molecule has 0 fully saturated rings. The molecule has 0 radical (unpaired) electrons. The first kappa shape index (κ1) is 23.1. The van der Waals surface area contributed by atoms with Crippen LogP contribution in [0.3, 0.4) is 0 Å². The molecule has 2 aromatic carbocycles. The van der Waals surface area contributed by atoms with Crippen LogP contribution in [0, 0.1) is 6.92 Å². The van der Waals surface area contributed by atoms with Crippen molar-refractivity contribution in [3.05, 3.63) is 76.4 Å². The van der Waals surface area contributed by atoms with Crippen LogP contribution < -0.4 is 14.8 Å². The quantitative estimate of drug-likeness (QED) is 0.513. The zero-order chi connectivity index (χ0) is 23.3. The maximum absolute atomic E-state index is 13.0. The molecule has 0 saturated heterocycles. The fourth-order valence-corrected chi connectivity index (χ4v) is 3.40. The van der Waals surface area contributed by atoms with E-state index in [0.717, 1.165) is 5.56 Å². The fourth-order valence-electron chi connectivity index (χ4n) is 3.21. The van der Waals surface area contributed by atoms with E-state index in [2.05, 4.69) is 10.3 Å². The minimum atomic E-state index is -1.02. The number of benzene rings is 2. The SMILES string of the molecule is COc1cc(-c2nc(C(=O)N[C@@H](CC(=O)O)c3ccc(C)cc3)ccc2OC)ccc1Cl. The first-order chi connectivity index (χ1) is 15.3. The lowest BCUT2D eigenvalue weighted by molar-refractivity contribution is -0.137. The van der Waals surface area contributed by atoms with Crippen LogP contribution in [0.1, 0.15) is 34.1 Å². The largest absolute Gasteiger partial charge is 0.495 e. The molecule has 1 heterocycles. The van der Waals surface area contributed by atoms with Crippen molar-refractivity contribution in [1.29, 1.82) is 0 Å². The maximum Gasteiger partial charge on any atom is 0.305 e. The smallest absolute Gasteiger partial charge is 0.305 e. The molecule has 1 amide bonds. The van der Waals surface area contributed by atoms with Crippen LogP contribution in [-0.4, -0.2) is 36.2 Å². The third-order valence-corrected chi connectivity index (χ3v) is 5.21. The number of aromatic nitrogens is 1. The van der Waals surface area contributed by atoms with E-state index >= 15 is 0 Å². The summed E-state index contributed by atoms with van der Waals surface area (Å²) in [7, 11) is 3.01. The predicted octanol–water partition coefficient (Wildman–Crippen LogP) is 4.67. The lowest BCUT2D eigenvalue weighted by Gasteiger charge is -2.18. The summed E-state index contributed by atoms with van der Waals surface area (Å²) in [5.41, 5.74) is 2.94. The fraction of sp³-hybridized carbons (Fsp3) is 0.208. The lowest BCUT2D eigenvalue weighted by atomic mass is 10.0. The predicted molar refractivity (Wildman–Crippen MR) is 121 cm³/mol. The minimum Gasteiger partial charge on any atom is -0.495 e. The van der Waals surface area contributed by atoms with E-state index in [1.165, 1.54) is 20.3 Å². The topological polar surface area (TPSA) is 97.8 Å². The number of aryl methyl sites for hydroxylation is 1. The van der Waals surface area contributed by atoms with Crippen molar-refractivity contribution in [2.75, 3.05) is 14.2 Å². The van der Waals surface area contributed by atoms with Gasteiger partial charge in [0.1, 0.15) is 22.9 Å². The third kappa shape index (κ3) is 5.36. The summed E-state index contributed by atoms with van der Waals surface area (Å²) in [5.74, 6) is -0.593. The minimum absolute atomic E-state index is 0.122. The Balaban J connectivity index is 1.94. The van der Waals surface area contributed by atoms with Crippen molar-refractivity contribution in [3.8, 4) is 22.8 Å². The molecule has 0 aliphatic heterocycles. The molecule has 3 aromatic rings. The standard InChI is InChI=1S/C24H23ClN2O5/c1-14-4-6-15(7-5-14)19(13-22(28)29)27-24(30)18-10-11-20(31-2)23(26-18)16-8-9-17(25)21(12-16)32-3/h4-12,19H,13H2,1-3H3,(H,27,30)(H,28,29)/t19-/m0/s1. The molecule has 0 aliphatic carbocycles. The summed E-state index contributed by atoms with van der Waals surface area (Å²) >= 11 is 6.12. The van der Waals surface area contributed by atoms with E-state index in [1.807, 2.05) is 19.1 Å². The van der Waals surface area contributed by atoms with Crippen LogP contribution in [0.15, 0.2) is 54.6 Å². The molecule has 2 N–H and O–H groups in total. The summed E-state index contributed by atoms with van der Waals surface area (Å²) in [6.45, 7) is 1.93. The molecule has 0 saturated carbocycles. The monoisotopic (exact) mass is 454 g/mol. The van der Waals surface area contributed by atoms with Gasteiger partial charge in [0.2, 0.25) is 0 Å². The van der Waals surface area contributed by atoms with Gasteiger partial charge >= 0.3 is 5.97 Å². The van der Waals surface area contributed by atoms with Gasteiger partial charge in [-0.05, 0) is 36.8 Å². The van der Waals surface area contributed by atoms with Crippen LogP contribution >= 0.6 is 11.6 Å². The van der Waals surface area contributed by atoms with Gasteiger partial charge in [-0.1, -0.05) is 47.5 Å². The molecule has 7 nitrogen and oxygen atoms in total. The van der Waals surface area contributed by atoms with Gasteiger partial charge in [-0.3, -0.25) is 9.59 Å². The van der Waals surface area contributed by atoms with Gasteiger partial charge in [-0.25, -0.2) is 4.98 Å². The number of ether oxygens (including phenoxy) is 2. The van der Waals surface area contributed by atoms with Crippen LogP contribution in [0.25, 0.3) is 11.3 Å². The molecule has 8 heteroatoms. The van der Waals surface area contributed by atoms with E-state index in [0.29, 0.717) is 33.3 Å². The molecule has 1 aromatic heterocycles. The number of nitrogens with one attached hydrogen (secondary N) is 1. The number of hydrogen-bond donors (Lipinski definition) is 2. The van der Waals surface area contributed by atoms with Crippen LogP contribution in [-0.2, 0) is 4.79 Å². The molecule has 0 unspecified atom stereocenters. The van der Waals surface area contributed by atoms with E-state index in [9.17, 15) is 14.7 Å². The Kier molecular flexibility index (Phi) is 7.33. The van der Waals surface area contributed by atoms with Gasteiger partial charge < -0.3 is 19.9 Å². The summed E-state index contributed by atoms with van der Waals surface area (Å²) in [5, 5.41) is 12.5. The molecular weight excluding hydrogens is 432 g/mol. The molecule has 3 rings (SSSR count). The second-order valence-corrected chi connectivity index (χ2v) is 7.54. The number of carboxylic acids is 1. The summed E-state index contributed by atoms with van der Waals surface area (Å²) < 4.78 is 10.7. The Morgan fingerprint density at radius 2 is 1.72 bits per heavy atom. The number of carbonyl (C=O) groups is 2. The first-order valence-electron chi connectivity index (χ1n) is 9.80. The maximum atomic E-state index is 13.0. The number of amides is 1. The summed E-state index contributed by atoms with van der Waals surface area (Å²) in [6.07, 6.45) is -0.258. The van der Waals surface area contributed by atoms with Gasteiger partial charge in [0.05, 0.1) is 31.7 Å². The van der Waals surface area contributed by atoms with E-state index in [4.69, 9.17) is 21.1 Å². The van der Waals surface area contributed by atoms with Crippen LogP contribution in [0.5, 0.6) is 11.5 Å². The van der Waals surface area contributed by atoms with Gasteiger partial charge in [0.25, 0.3) is 5.91 Å². The number of hydrogen-bond acceptors (Lipinski definition) is 5. The number of methoxy groups -OCH3 is 2. The van der Waals surface area contributed by atoms with E-state index in [1.54, 1.807) is 36.4 Å². The molecule has 32 heavy (non-hydrogen) atoms. The van der Waals surface area contributed by atoms with E-state index < -0.39 is 17.9 Å². The van der Waals surface area contributed by atoms with E-state index in [-0.39, 0.29) is 12.1 Å². The summed E-state index contributed by atoms with van der Waals surface area (Å²) in [4.78, 5) is 28.8. The average Bonchev–Trinajstić information content (AvgIpc) is 2.78. The molecule has 0 aliphatic rings. The number of nitrogens with zero attached hydrogens (tertiary/aromatic N) is 1. The highest BCUT2D eigenvalue weighted by molar-refractivity contribution is 6.32. The van der Waals surface area contributed by atoms with Gasteiger partial charge in [0.15, 0.2) is 0 Å². The lowest BCUT2D eigenvalue weighted by Crippen LogP contribution is -2.30. The van der Waals surface area contributed by atoms with Crippen LogP contribution in [0.2, 0.25) is 5.02 Å². The first-order valence-corrected chi connectivity index (χ1v) is 10.2. The van der Waals surface area contributed by atoms with Gasteiger partial charge in [-0.2, -0.15) is 0 Å². The normalized spacial score (nSPS) is 11.5. The summed E-state index contributed by atoms with van der Waals surface area (Å²) in [6, 6.07) is 14.9. The number of halogens is 1. The Morgan fingerprint density at radius 1 is 1.03 bits per heavy atom. The second kappa shape index (κ2) is 10.2. The second-order valence-electron chi connectivity index (χ2n) is 7.13. The number of rotatable bonds is 8. The Bertz CT molecular complexity index is 1130. The van der Waals surface area contributed by atoms with Crippen molar-refractivity contribution >= 4 is 23.5 Å². The third-order valence-electron chi connectivity index (χ3n) is 4.90. The van der Waals surface area contributed by atoms with Crippen molar-refractivity contribution in [2.24, 2.45) is 0 Å². The van der Waals surface area contributed by atoms with Gasteiger partial charge in [-0.15, -0.1) is 0 Å². The number of pyridine rings is 1. The molecule has 1 atom stereocenters. The average molecular weight is 455 g/mol. The van der Waals surface area contributed by atoms with Gasteiger partial charge in [0, 0.05) is 5.56 Å². The Hall–Kier alpha value is -3.58. The zero-order valence-electron chi connectivity index (χ0n) is 17.9. The molecule has 0 bridgehead atoms. The number of aliphatic carboxylic acids is 1. The zero-order valence-corrected chi connectivity index (χ0v) is 18.6. The molecular formula is C24H23ClN2O5. The van der Waals surface area contributed by atoms with Crippen LogP contribution in [0.4, 0.5) is 0 Å². The number of carboxylic acid groups (broad SMARTS) is 1. The highest BCUT2D eigenvalue weighted by Crippen LogP contribution is 2.34. The Labute approximate surface area is 191 Å².